The molecule has 0 aromatic heterocycles. The van der Waals surface area contributed by atoms with E-state index in [0.29, 0.717) is 6.61 Å². The summed E-state index contributed by atoms with van der Waals surface area (Å²) in [5, 5.41) is 28.8. The van der Waals surface area contributed by atoms with Gasteiger partial charge in [-0.2, -0.15) is 0 Å². The summed E-state index contributed by atoms with van der Waals surface area (Å²) in [5.74, 6) is 0. The van der Waals surface area contributed by atoms with E-state index in [1.165, 1.54) is 25.7 Å². The SMILES string of the molecule is CCCCCC/C=C/CCCOC[C@H](O)[C@H]1OC[C@@H](O)[C@H]1O. The molecule has 0 spiro atoms. The van der Waals surface area contributed by atoms with E-state index in [-0.39, 0.29) is 13.2 Å². The van der Waals surface area contributed by atoms with Crippen molar-refractivity contribution in [2.45, 2.75) is 76.3 Å². The fraction of sp³-hybridized carbons (Fsp3) is 0.882. The van der Waals surface area contributed by atoms with Crippen molar-refractivity contribution in [3.8, 4) is 0 Å². The van der Waals surface area contributed by atoms with E-state index < -0.39 is 24.4 Å². The maximum atomic E-state index is 9.85. The zero-order valence-corrected chi connectivity index (χ0v) is 13.7. The lowest BCUT2D eigenvalue weighted by Gasteiger charge is -2.20. The molecule has 0 saturated carbocycles. The molecule has 1 fully saturated rings. The second kappa shape index (κ2) is 12.0. The van der Waals surface area contributed by atoms with E-state index in [1.807, 2.05) is 0 Å². The first-order chi connectivity index (χ1) is 10.7. The van der Waals surface area contributed by atoms with Crippen LogP contribution in [0.25, 0.3) is 0 Å². The molecule has 1 aliphatic rings. The summed E-state index contributed by atoms with van der Waals surface area (Å²) in [6.07, 6.45) is 9.03. The maximum Gasteiger partial charge on any atom is 0.114 e. The van der Waals surface area contributed by atoms with Crippen molar-refractivity contribution in [3.05, 3.63) is 12.2 Å². The predicted octanol–water partition coefficient (Wildman–Crippen LogP) is 1.79. The van der Waals surface area contributed by atoms with Crippen LogP contribution in [0.15, 0.2) is 12.2 Å². The molecule has 0 radical (unpaired) electrons. The van der Waals surface area contributed by atoms with Gasteiger partial charge in [0.2, 0.25) is 0 Å². The molecule has 1 aliphatic heterocycles. The molecule has 22 heavy (non-hydrogen) atoms. The van der Waals surface area contributed by atoms with Gasteiger partial charge in [-0.15, -0.1) is 0 Å². The van der Waals surface area contributed by atoms with E-state index >= 15 is 0 Å². The van der Waals surface area contributed by atoms with Gasteiger partial charge in [-0.1, -0.05) is 38.3 Å². The fourth-order valence-corrected chi connectivity index (χ4v) is 2.49. The molecule has 1 heterocycles. The van der Waals surface area contributed by atoms with Gasteiger partial charge in [-0.05, 0) is 25.7 Å². The second-order valence-electron chi connectivity index (χ2n) is 5.96. The Morgan fingerprint density at radius 2 is 1.86 bits per heavy atom. The summed E-state index contributed by atoms with van der Waals surface area (Å²) < 4.78 is 10.5. The Morgan fingerprint density at radius 1 is 1.14 bits per heavy atom. The molecule has 3 N–H and O–H groups in total. The highest BCUT2D eigenvalue weighted by molar-refractivity contribution is 4.87. The number of unbranched alkanes of at least 4 members (excludes halogenated alkanes) is 5. The molecule has 1 rings (SSSR count). The van der Waals surface area contributed by atoms with E-state index in [0.717, 1.165) is 19.3 Å². The Labute approximate surface area is 133 Å². The molecular formula is C17H32O5. The molecule has 0 aliphatic carbocycles. The maximum absolute atomic E-state index is 9.85. The van der Waals surface area contributed by atoms with Crippen LogP contribution >= 0.6 is 0 Å². The molecule has 5 nitrogen and oxygen atoms in total. The Hall–Kier alpha value is -0.460. The molecule has 130 valence electrons. The summed E-state index contributed by atoms with van der Waals surface area (Å²) in [5.41, 5.74) is 0. The van der Waals surface area contributed by atoms with E-state index in [2.05, 4.69) is 19.1 Å². The Morgan fingerprint density at radius 3 is 2.50 bits per heavy atom. The predicted molar refractivity (Wildman–Crippen MR) is 85.7 cm³/mol. The van der Waals surface area contributed by atoms with Crippen LogP contribution in [0.5, 0.6) is 0 Å². The number of allylic oxidation sites excluding steroid dienone is 2. The van der Waals surface area contributed by atoms with Gasteiger partial charge >= 0.3 is 0 Å². The molecule has 0 aromatic carbocycles. The third-order valence-electron chi connectivity index (χ3n) is 3.91. The van der Waals surface area contributed by atoms with Crippen LogP contribution in [-0.4, -0.2) is 59.6 Å². The third-order valence-corrected chi connectivity index (χ3v) is 3.91. The van der Waals surface area contributed by atoms with E-state index in [4.69, 9.17) is 9.47 Å². The molecule has 4 atom stereocenters. The highest BCUT2D eigenvalue weighted by Crippen LogP contribution is 2.17. The Bertz CT molecular complexity index is 295. The number of hydrogen-bond acceptors (Lipinski definition) is 5. The van der Waals surface area contributed by atoms with Crippen molar-refractivity contribution in [2.75, 3.05) is 19.8 Å². The van der Waals surface area contributed by atoms with Crippen LogP contribution < -0.4 is 0 Å². The molecular weight excluding hydrogens is 284 g/mol. The molecule has 0 unspecified atom stereocenters. The van der Waals surface area contributed by atoms with Crippen LogP contribution in [-0.2, 0) is 9.47 Å². The number of aliphatic hydroxyl groups is 3. The fourth-order valence-electron chi connectivity index (χ4n) is 2.49. The molecule has 1 saturated heterocycles. The highest BCUT2D eigenvalue weighted by Gasteiger charge is 2.39. The third kappa shape index (κ3) is 7.70. The minimum atomic E-state index is -1.03. The first-order valence-electron chi connectivity index (χ1n) is 8.55. The Kier molecular flexibility index (Phi) is 10.7. The first-order valence-corrected chi connectivity index (χ1v) is 8.55. The number of hydrogen-bond donors (Lipinski definition) is 3. The monoisotopic (exact) mass is 316 g/mol. The number of aliphatic hydroxyl groups excluding tert-OH is 3. The summed E-state index contributed by atoms with van der Waals surface area (Å²) in [6, 6.07) is 0. The summed E-state index contributed by atoms with van der Waals surface area (Å²) >= 11 is 0. The van der Waals surface area contributed by atoms with Gasteiger partial charge in [0.15, 0.2) is 0 Å². The van der Waals surface area contributed by atoms with Crippen LogP contribution in [0.3, 0.4) is 0 Å². The lowest BCUT2D eigenvalue weighted by atomic mass is 10.1. The first kappa shape index (κ1) is 19.6. The van der Waals surface area contributed by atoms with Crippen molar-refractivity contribution >= 4 is 0 Å². The van der Waals surface area contributed by atoms with Gasteiger partial charge in [0, 0.05) is 6.61 Å². The largest absolute Gasteiger partial charge is 0.388 e. The van der Waals surface area contributed by atoms with Gasteiger partial charge < -0.3 is 24.8 Å². The zero-order valence-electron chi connectivity index (χ0n) is 13.7. The van der Waals surface area contributed by atoms with Crippen molar-refractivity contribution in [2.24, 2.45) is 0 Å². The quantitative estimate of drug-likeness (QED) is 0.378. The van der Waals surface area contributed by atoms with Crippen molar-refractivity contribution in [1.29, 1.82) is 0 Å². The topological polar surface area (TPSA) is 79.2 Å². The minimum Gasteiger partial charge on any atom is -0.388 e. The van der Waals surface area contributed by atoms with Crippen molar-refractivity contribution < 1.29 is 24.8 Å². The molecule has 5 heteroatoms. The smallest absolute Gasteiger partial charge is 0.114 e. The number of rotatable bonds is 12. The average molecular weight is 316 g/mol. The van der Waals surface area contributed by atoms with Crippen LogP contribution in [0.1, 0.15) is 51.9 Å². The minimum absolute atomic E-state index is 0.0615. The van der Waals surface area contributed by atoms with Crippen molar-refractivity contribution in [3.63, 3.8) is 0 Å². The Balaban J connectivity index is 1.94. The normalized spacial score (nSPS) is 26.8. The zero-order chi connectivity index (χ0) is 16.2. The lowest BCUT2D eigenvalue weighted by molar-refractivity contribution is -0.0811. The van der Waals surface area contributed by atoms with Gasteiger partial charge in [-0.3, -0.25) is 0 Å². The van der Waals surface area contributed by atoms with Crippen LogP contribution in [0.2, 0.25) is 0 Å². The summed E-state index contributed by atoms with van der Waals surface area (Å²) in [6.45, 7) is 2.97. The van der Waals surface area contributed by atoms with E-state index in [1.54, 1.807) is 0 Å². The van der Waals surface area contributed by atoms with Gasteiger partial charge in [0.05, 0.1) is 13.2 Å². The van der Waals surface area contributed by atoms with Crippen molar-refractivity contribution in [1.82, 2.24) is 0 Å². The van der Waals surface area contributed by atoms with E-state index in [9.17, 15) is 15.3 Å². The van der Waals surface area contributed by atoms with Gasteiger partial charge in [0.1, 0.15) is 24.4 Å². The number of ether oxygens (including phenoxy) is 2. The van der Waals surface area contributed by atoms with Gasteiger partial charge in [-0.25, -0.2) is 0 Å². The average Bonchev–Trinajstić information content (AvgIpc) is 2.84. The lowest BCUT2D eigenvalue weighted by Crippen LogP contribution is -2.40. The van der Waals surface area contributed by atoms with Crippen LogP contribution in [0.4, 0.5) is 0 Å². The van der Waals surface area contributed by atoms with Crippen LogP contribution in [0, 0.1) is 0 Å². The molecule has 0 amide bonds. The summed E-state index contributed by atoms with van der Waals surface area (Å²) in [4.78, 5) is 0. The van der Waals surface area contributed by atoms with Gasteiger partial charge in [0.25, 0.3) is 0 Å². The molecule has 0 bridgehead atoms. The highest BCUT2D eigenvalue weighted by atomic mass is 16.5. The standard InChI is InChI=1S/C17H32O5/c1-2-3-4-5-6-7-8-9-10-11-21-12-15(19)17-16(20)14(18)13-22-17/h7-8,14-20H,2-6,9-13H2,1H3/b8-7+/t14-,15+,16-,17-/m1/s1. The molecule has 0 aromatic rings. The summed E-state index contributed by atoms with van der Waals surface area (Å²) in [7, 11) is 0. The second-order valence-corrected chi connectivity index (χ2v) is 5.96.